The molecule has 172 valence electrons. The Kier molecular flexibility index (Phi) is 5.44. The Morgan fingerprint density at radius 1 is 1.22 bits per heavy atom. The largest absolute Gasteiger partial charge is 0.444 e. The predicted molar refractivity (Wildman–Crippen MR) is 122 cm³/mol. The molecular formula is C22H24F3N3O2S2. The Labute approximate surface area is 192 Å². The van der Waals surface area contributed by atoms with Crippen LogP contribution in [0.25, 0.3) is 20.8 Å². The number of benzene rings is 1. The van der Waals surface area contributed by atoms with Gasteiger partial charge in [0.25, 0.3) is 0 Å². The SMILES string of the molecule is CC1Cc2c(sc(N)c2-c2nc3cc(C(F)(F)F)ccc3s2)C(C)N1C(=O)OC(C)(C)C. The van der Waals surface area contributed by atoms with Crippen molar-refractivity contribution >= 4 is 44.0 Å². The van der Waals surface area contributed by atoms with Gasteiger partial charge in [-0.25, -0.2) is 9.78 Å². The number of halogens is 3. The van der Waals surface area contributed by atoms with E-state index in [2.05, 4.69) is 4.98 Å². The van der Waals surface area contributed by atoms with Crippen LogP contribution in [0.2, 0.25) is 0 Å². The molecule has 3 heterocycles. The Hall–Kier alpha value is -2.33. The number of rotatable bonds is 1. The zero-order valence-corrected chi connectivity index (χ0v) is 20.0. The van der Waals surface area contributed by atoms with E-state index in [9.17, 15) is 18.0 Å². The lowest BCUT2D eigenvalue weighted by molar-refractivity contribution is -0.137. The van der Waals surface area contributed by atoms with Crippen molar-refractivity contribution in [1.82, 2.24) is 9.88 Å². The number of amides is 1. The maximum absolute atomic E-state index is 13.1. The quantitative estimate of drug-likeness (QED) is 0.410. The maximum Gasteiger partial charge on any atom is 0.416 e. The summed E-state index contributed by atoms with van der Waals surface area (Å²) in [6, 6.07) is 3.21. The first kappa shape index (κ1) is 22.8. The van der Waals surface area contributed by atoms with Crippen LogP contribution in [0.3, 0.4) is 0 Å². The molecule has 10 heteroatoms. The number of anilines is 1. The van der Waals surface area contributed by atoms with E-state index in [0.717, 1.165) is 28.1 Å². The van der Waals surface area contributed by atoms with Gasteiger partial charge in [-0.3, -0.25) is 4.90 Å². The van der Waals surface area contributed by atoms with Gasteiger partial charge >= 0.3 is 12.3 Å². The van der Waals surface area contributed by atoms with Gasteiger partial charge in [0, 0.05) is 16.5 Å². The van der Waals surface area contributed by atoms with Gasteiger partial charge < -0.3 is 10.5 Å². The Bertz CT molecular complexity index is 1190. The van der Waals surface area contributed by atoms with E-state index in [1.54, 1.807) is 4.90 Å². The highest BCUT2D eigenvalue weighted by atomic mass is 32.1. The second kappa shape index (κ2) is 7.62. The maximum atomic E-state index is 13.1. The summed E-state index contributed by atoms with van der Waals surface area (Å²) in [6.07, 6.45) is -4.24. The van der Waals surface area contributed by atoms with Crippen LogP contribution in [0.15, 0.2) is 18.2 Å². The van der Waals surface area contributed by atoms with Crippen LogP contribution >= 0.6 is 22.7 Å². The van der Waals surface area contributed by atoms with E-state index in [4.69, 9.17) is 10.5 Å². The number of carbonyl (C=O) groups is 1. The van der Waals surface area contributed by atoms with E-state index in [0.29, 0.717) is 26.6 Å². The molecule has 1 aromatic carbocycles. The summed E-state index contributed by atoms with van der Waals surface area (Å²) in [5.41, 5.74) is 7.11. The molecule has 2 aromatic heterocycles. The number of thiazole rings is 1. The van der Waals surface area contributed by atoms with Crippen molar-refractivity contribution in [1.29, 1.82) is 0 Å². The lowest BCUT2D eigenvalue weighted by Gasteiger charge is -2.39. The van der Waals surface area contributed by atoms with E-state index in [-0.39, 0.29) is 18.2 Å². The van der Waals surface area contributed by atoms with Crippen molar-refractivity contribution in [3.63, 3.8) is 0 Å². The molecular weight excluding hydrogens is 459 g/mol. The first-order valence-corrected chi connectivity index (χ1v) is 11.8. The molecule has 0 bridgehead atoms. The van der Waals surface area contributed by atoms with Gasteiger partial charge in [-0.15, -0.1) is 22.7 Å². The highest BCUT2D eigenvalue weighted by Gasteiger charge is 2.39. The molecule has 3 aromatic rings. The third kappa shape index (κ3) is 4.05. The number of alkyl halides is 3. The fourth-order valence-electron chi connectivity index (χ4n) is 4.04. The highest BCUT2D eigenvalue weighted by molar-refractivity contribution is 7.22. The number of nitrogens with two attached hydrogens (primary N) is 1. The van der Waals surface area contributed by atoms with Gasteiger partial charge in [-0.05, 0) is 64.8 Å². The van der Waals surface area contributed by atoms with Crippen molar-refractivity contribution in [2.75, 3.05) is 5.73 Å². The molecule has 4 rings (SSSR count). The molecule has 1 aliphatic rings. The average Bonchev–Trinajstić information content (AvgIpc) is 3.18. The Balaban J connectivity index is 1.74. The summed E-state index contributed by atoms with van der Waals surface area (Å²) < 4.78 is 45.5. The third-order valence-electron chi connectivity index (χ3n) is 5.37. The first-order valence-electron chi connectivity index (χ1n) is 10.2. The smallest absolute Gasteiger partial charge is 0.416 e. The van der Waals surface area contributed by atoms with Gasteiger partial charge in [-0.2, -0.15) is 13.2 Å². The second-order valence-electron chi connectivity index (χ2n) is 9.00. The van der Waals surface area contributed by atoms with Crippen molar-refractivity contribution < 1.29 is 22.7 Å². The number of hydrogen-bond donors (Lipinski definition) is 1. The topological polar surface area (TPSA) is 68.5 Å². The minimum absolute atomic E-state index is 0.133. The summed E-state index contributed by atoms with van der Waals surface area (Å²) in [6.45, 7) is 9.37. The van der Waals surface area contributed by atoms with Crippen LogP contribution in [0.1, 0.15) is 56.7 Å². The number of carbonyl (C=O) groups excluding carboxylic acids is 1. The van der Waals surface area contributed by atoms with Crippen LogP contribution in [0.5, 0.6) is 0 Å². The van der Waals surface area contributed by atoms with Crippen molar-refractivity contribution in [2.24, 2.45) is 0 Å². The van der Waals surface area contributed by atoms with Crippen LogP contribution < -0.4 is 5.73 Å². The predicted octanol–water partition coefficient (Wildman–Crippen LogP) is 6.87. The molecule has 0 spiro atoms. The van der Waals surface area contributed by atoms with Gasteiger partial charge in [0.15, 0.2) is 0 Å². The van der Waals surface area contributed by atoms with Crippen LogP contribution in [-0.2, 0) is 17.3 Å². The number of nitrogens with zero attached hydrogens (tertiary/aromatic N) is 2. The molecule has 0 fully saturated rings. The van der Waals surface area contributed by atoms with E-state index < -0.39 is 17.3 Å². The normalized spacial score (nSPS) is 19.3. The number of hydrogen-bond acceptors (Lipinski definition) is 6. The van der Waals surface area contributed by atoms with Crippen LogP contribution in [-0.4, -0.2) is 27.6 Å². The van der Waals surface area contributed by atoms with Crippen molar-refractivity contribution in [3.8, 4) is 10.6 Å². The fraction of sp³-hybridized carbons (Fsp3) is 0.455. The molecule has 0 saturated heterocycles. The number of thiophene rings is 1. The van der Waals surface area contributed by atoms with E-state index in [1.165, 1.54) is 28.7 Å². The van der Waals surface area contributed by atoms with Gasteiger partial charge in [-0.1, -0.05) is 0 Å². The molecule has 1 aliphatic heterocycles. The molecule has 2 atom stereocenters. The third-order valence-corrected chi connectivity index (χ3v) is 7.66. The minimum Gasteiger partial charge on any atom is -0.444 e. The second-order valence-corrected chi connectivity index (χ2v) is 11.1. The monoisotopic (exact) mass is 483 g/mol. The number of ether oxygens (including phenoxy) is 1. The van der Waals surface area contributed by atoms with Crippen molar-refractivity contribution in [2.45, 2.75) is 64.9 Å². The number of fused-ring (bicyclic) bond motifs is 2. The molecule has 5 nitrogen and oxygen atoms in total. The molecule has 1 amide bonds. The summed E-state index contributed by atoms with van der Waals surface area (Å²) in [5, 5.41) is 1.15. The van der Waals surface area contributed by atoms with E-state index >= 15 is 0 Å². The molecule has 0 aliphatic carbocycles. The van der Waals surface area contributed by atoms with Crippen molar-refractivity contribution in [3.05, 3.63) is 34.2 Å². The van der Waals surface area contributed by atoms with Crippen LogP contribution in [0.4, 0.5) is 23.0 Å². The molecule has 2 unspecified atom stereocenters. The number of nitrogen functional groups attached to an aromatic ring is 1. The van der Waals surface area contributed by atoms with Crippen LogP contribution in [0, 0.1) is 0 Å². The molecule has 2 N–H and O–H groups in total. The lowest BCUT2D eigenvalue weighted by Crippen LogP contribution is -2.46. The first-order chi connectivity index (χ1) is 14.8. The summed E-state index contributed by atoms with van der Waals surface area (Å²) >= 11 is 2.71. The Morgan fingerprint density at radius 3 is 2.53 bits per heavy atom. The minimum atomic E-state index is -4.42. The molecule has 0 radical (unpaired) electrons. The van der Waals surface area contributed by atoms with Gasteiger partial charge in [0.05, 0.1) is 26.8 Å². The summed E-state index contributed by atoms with van der Waals surface area (Å²) in [7, 11) is 0. The highest BCUT2D eigenvalue weighted by Crippen LogP contribution is 2.49. The average molecular weight is 484 g/mol. The zero-order valence-electron chi connectivity index (χ0n) is 18.3. The summed E-state index contributed by atoms with van der Waals surface area (Å²) in [5.74, 6) is 0. The zero-order chi connectivity index (χ0) is 23.6. The van der Waals surface area contributed by atoms with E-state index in [1.807, 2.05) is 34.6 Å². The Morgan fingerprint density at radius 2 is 1.91 bits per heavy atom. The molecule has 0 saturated carbocycles. The summed E-state index contributed by atoms with van der Waals surface area (Å²) in [4.78, 5) is 20.0. The standard InChI is InChI=1S/C22H24F3N3O2S2/c1-10-8-13-16(19-27-14-9-12(22(23,24)25)6-7-15(14)31-19)18(26)32-17(13)11(2)28(10)20(29)30-21(3,4)5/h6-7,9-11H,8,26H2,1-5H3. The molecule has 32 heavy (non-hydrogen) atoms. The number of aromatic nitrogens is 1. The fourth-order valence-corrected chi connectivity index (χ4v) is 6.29. The van der Waals surface area contributed by atoms with Gasteiger partial charge in [0.1, 0.15) is 10.6 Å². The lowest BCUT2D eigenvalue weighted by atomic mass is 9.93. The van der Waals surface area contributed by atoms with Gasteiger partial charge in [0.2, 0.25) is 0 Å².